The molecule has 1 fully saturated rings. The minimum Gasteiger partial charge on any atom is -0.490 e. The van der Waals surface area contributed by atoms with Crippen LogP contribution in [0.25, 0.3) is 0 Å². The van der Waals surface area contributed by atoms with Crippen molar-refractivity contribution in [2.24, 2.45) is 5.41 Å². The highest BCUT2D eigenvalue weighted by molar-refractivity contribution is 7.80. The van der Waals surface area contributed by atoms with Crippen molar-refractivity contribution in [2.45, 2.75) is 19.3 Å². The number of ether oxygens (including phenoxy) is 1. The minimum atomic E-state index is -0.474. The van der Waals surface area contributed by atoms with Gasteiger partial charge in [-0.05, 0) is 30.7 Å². The van der Waals surface area contributed by atoms with E-state index >= 15 is 0 Å². The summed E-state index contributed by atoms with van der Waals surface area (Å²) in [6.45, 7) is 0.522. The van der Waals surface area contributed by atoms with Gasteiger partial charge in [0.2, 0.25) is 0 Å². The van der Waals surface area contributed by atoms with E-state index in [0.29, 0.717) is 6.61 Å². The molecule has 0 atom stereocenters. The van der Waals surface area contributed by atoms with Crippen LogP contribution in [-0.2, 0) is 0 Å². The number of thiol groups is 1. The maximum Gasteiger partial charge on any atom is 0.183 e. The van der Waals surface area contributed by atoms with Gasteiger partial charge < -0.3 is 4.74 Å². The van der Waals surface area contributed by atoms with Gasteiger partial charge in [0.05, 0.1) is 11.6 Å². The van der Waals surface area contributed by atoms with Crippen LogP contribution in [0.2, 0.25) is 5.02 Å². The first-order valence-corrected chi connectivity index (χ1v) is 6.36. The summed E-state index contributed by atoms with van der Waals surface area (Å²) >= 11 is 10.0. The molecule has 4 heteroatoms. The molecule has 0 saturated heterocycles. The summed E-state index contributed by atoms with van der Waals surface area (Å²) < 4.78 is 19.0. The predicted molar refractivity (Wildman–Crippen MR) is 67.0 cm³/mol. The van der Waals surface area contributed by atoms with E-state index in [9.17, 15) is 4.39 Å². The summed E-state index contributed by atoms with van der Waals surface area (Å²) in [5.74, 6) is 0.549. The molecule has 0 aromatic heterocycles. The lowest BCUT2D eigenvalue weighted by molar-refractivity contribution is 0.0805. The fraction of sp³-hybridized carbons (Fsp3) is 0.500. The van der Waals surface area contributed by atoms with E-state index in [0.717, 1.165) is 18.6 Å². The van der Waals surface area contributed by atoms with Crippen LogP contribution in [0.1, 0.15) is 19.3 Å². The molecule has 0 spiro atoms. The Bertz CT molecular complexity index is 374. The van der Waals surface area contributed by atoms with Gasteiger partial charge in [0.15, 0.2) is 11.6 Å². The van der Waals surface area contributed by atoms with Gasteiger partial charge >= 0.3 is 0 Å². The molecule has 0 bridgehead atoms. The predicted octanol–water partition coefficient (Wildman–Crippen LogP) is 3.96. The fourth-order valence-corrected chi connectivity index (χ4v) is 2.42. The summed E-state index contributed by atoms with van der Waals surface area (Å²) in [5, 5.41) is 0.103. The normalized spacial score (nSPS) is 17.9. The van der Waals surface area contributed by atoms with Crippen molar-refractivity contribution in [3.63, 3.8) is 0 Å². The van der Waals surface area contributed by atoms with Crippen molar-refractivity contribution in [3.05, 3.63) is 29.0 Å². The first-order valence-electron chi connectivity index (χ1n) is 5.35. The molecule has 16 heavy (non-hydrogen) atoms. The molecule has 0 N–H and O–H groups in total. The molecule has 1 aliphatic rings. The van der Waals surface area contributed by atoms with Crippen LogP contribution in [-0.4, -0.2) is 12.4 Å². The van der Waals surface area contributed by atoms with Crippen LogP contribution in [0.15, 0.2) is 18.2 Å². The van der Waals surface area contributed by atoms with Gasteiger partial charge in [-0.1, -0.05) is 24.1 Å². The topological polar surface area (TPSA) is 9.23 Å². The molecule has 1 aromatic rings. The van der Waals surface area contributed by atoms with Crippen molar-refractivity contribution in [3.8, 4) is 5.75 Å². The molecule has 1 nitrogen and oxygen atoms in total. The quantitative estimate of drug-likeness (QED) is 0.807. The second-order valence-electron chi connectivity index (χ2n) is 4.35. The van der Waals surface area contributed by atoms with Gasteiger partial charge in [-0.25, -0.2) is 4.39 Å². The Balaban J connectivity index is 2.02. The maximum atomic E-state index is 13.5. The van der Waals surface area contributed by atoms with Gasteiger partial charge in [0.1, 0.15) is 0 Å². The zero-order valence-corrected chi connectivity index (χ0v) is 10.5. The van der Waals surface area contributed by atoms with Crippen molar-refractivity contribution < 1.29 is 9.13 Å². The van der Waals surface area contributed by atoms with Crippen LogP contribution >= 0.6 is 24.2 Å². The monoisotopic (exact) mass is 260 g/mol. The lowest BCUT2D eigenvalue weighted by Gasteiger charge is -2.40. The van der Waals surface area contributed by atoms with Crippen LogP contribution in [0.5, 0.6) is 5.75 Å². The summed E-state index contributed by atoms with van der Waals surface area (Å²) in [4.78, 5) is 0. The molecule has 0 heterocycles. The Hall–Kier alpha value is -0.410. The SMILES string of the molecule is Fc1c(Cl)cccc1OCC1(CS)CCC1. The molecule has 0 unspecified atom stereocenters. The van der Waals surface area contributed by atoms with Crippen molar-refractivity contribution in [1.82, 2.24) is 0 Å². The Morgan fingerprint density at radius 3 is 2.75 bits per heavy atom. The van der Waals surface area contributed by atoms with Gasteiger partial charge in [0.25, 0.3) is 0 Å². The number of hydrogen-bond acceptors (Lipinski definition) is 2. The molecule has 1 saturated carbocycles. The highest BCUT2D eigenvalue weighted by Crippen LogP contribution is 2.42. The third kappa shape index (κ3) is 2.30. The summed E-state index contributed by atoms with van der Waals surface area (Å²) in [5.41, 5.74) is 0.137. The van der Waals surface area contributed by atoms with E-state index in [4.69, 9.17) is 16.3 Å². The first-order chi connectivity index (χ1) is 7.67. The van der Waals surface area contributed by atoms with Crippen molar-refractivity contribution in [1.29, 1.82) is 0 Å². The minimum absolute atomic E-state index is 0.103. The zero-order chi connectivity index (χ0) is 11.6. The number of benzene rings is 1. The Kier molecular flexibility index (Phi) is 3.65. The largest absolute Gasteiger partial charge is 0.490 e. The lowest BCUT2D eigenvalue weighted by atomic mass is 9.71. The number of rotatable bonds is 4. The van der Waals surface area contributed by atoms with Gasteiger partial charge in [-0.2, -0.15) is 12.6 Å². The van der Waals surface area contributed by atoms with Crippen LogP contribution in [0.4, 0.5) is 4.39 Å². The maximum absolute atomic E-state index is 13.5. The number of hydrogen-bond donors (Lipinski definition) is 1. The lowest BCUT2D eigenvalue weighted by Crippen LogP contribution is -2.37. The van der Waals surface area contributed by atoms with Crippen LogP contribution in [0, 0.1) is 11.2 Å². The highest BCUT2D eigenvalue weighted by atomic mass is 35.5. The average Bonchev–Trinajstić information content (AvgIpc) is 2.23. The summed E-state index contributed by atoms with van der Waals surface area (Å²) in [6, 6.07) is 4.81. The molecule has 1 aromatic carbocycles. The van der Waals surface area contributed by atoms with E-state index < -0.39 is 5.82 Å². The van der Waals surface area contributed by atoms with E-state index in [1.165, 1.54) is 12.5 Å². The zero-order valence-electron chi connectivity index (χ0n) is 8.88. The second kappa shape index (κ2) is 4.84. The van der Waals surface area contributed by atoms with E-state index in [-0.39, 0.29) is 16.2 Å². The molecule has 88 valence electrons. The molecule has 0 amide bonds. The molecule has 1 aliphatic carbocycles. The molecular weight excluding hydrogens is 247 g/mol. The van der Waals surface area contributed by atoms with E-state index in [1.807, 2.05) is 0 Å². The van der Waals surface area contributed by atoms with Gasteiger partial charge in [0, 0.05) is 5.41 Å². The average molecular weight is 261 g/mol. The molecule has 0 aliphatic heterocycles. The van der Waals surface area contributed by atoms with E-state index in [1.54, 1.807) is 12.1 Å². The first kappa shape index (κ1) is 12.1. The Labute approximate surface area is 105 Å². The van der Waals surface area contributed by atoms with Crippen molar-refractivity contribution in [2.75, 3.05) is 12.4 Å². The molecular formula is C12H14ClFOS. The summed E-state index contributed by atoms with van der Waals surface area (Å²) in [6.07, 6.45) is 3.43. The van der Waals surface area contributed by atoms with Gasteiger partial charge in [-0.15, -0.1) is 0 Å². The van der Waals surface area contributed by atoms with Crippen LogP contribution in [0.3, 0.4) is 0 Å². The van der Waals surface area contributed by atoms with Gasteiger partial charge in [-0.3, -0.25) is 0 Å². The third-order valence-electron chi connectivity index (χ3n) is 3.20. The molecule has 0 radical (unpaired) electrons. The van der Waals surface area contributed by atoms with Crippen LogP contribution < -0.4 is 4.74 Å². The fourth-order valence-electron chi connectivity index (χ4n) is 1.85. The van der Waals surface area contributed by atoms with Crippen molar-refractivity contribution >= 4 is 24.2 Å². The summed E-state index contributed by atoms with van der Waals surface area (Å²) in [7, 11) is 0. The third-order valence-corrected chi connectivity index (χ3v) is 4.16. The molecule has 2 rings (SSSR count). The second-order valence-corrected chi connectivity index (χ2v) is 5.08. The standard InChI is InChI=1S/C12H14ClFOS/c13-9-3-1-4-10(11(9)14)15-7-12(8-16)5-2-6-12/h1,3-4,16H,2,5-8H2. The highest BCUT2D eigenvalue weighted by Gasteiger charge is 2.36. The Morgan fingerprint density at radius 2 is 2.19 bits per heavy atom. The van der Waals surface area contributed by atoms with E-state index in [2.05, 4.69) is 12.6 Å². The smallest absolute Gasteiger partial charge is 0.183 e. The Morgan fingerprint density at radius 1 is 1.44 bits per heavy atom. The number of halogens is 2.